The van der Waals surface area contributed by atoms with Gasteiger partial charge in [-0.25, -0.2) is 0 Å². The Morgan fingerprint density at radius 3 is 1.34 bits per heavy atom. The van der Waals surface area contributed by atoms with Crippen LogP contribution in [-0.2, 0) is 0 Å². The van der Waals surface area contributed by atoms with Crippen molar-refractivity contribution in [1.82, 2.24) is 5.32 Å². The average molecular weight is 658 g/mol. The minimum absolute atomic E-state index is 0.864. The summed E-state index contributed by atoms with van der Waals surface area (Å²) in [5.74, 6) is 2.30. The minimum Gasteiger partial charge on any atom is -0.387 e. The first kappa shape index (κ1) is 30.3. The van der Waals surface area contributed by atoms with Crippen molar-refractivity contribution in [2.45, 2.75) is 0 Å². The average Bonchev–Trinajstić information content (AvgIpc) is 3.21. The molecule has 7 aromatic rings. The molecule has 0 amide bonds. The van der Waals surface area contributed by atoms with Crippen molar-refractivity contribution in [2.24, 2.45) is 0 Å². The molecule has 2 aliphatic rings. The van der Waals surface area contributed by atoms with E-state index < -0.39 is 0 Å². The summed E-state index contributed by atoms with van der Waals surface area (Å²) >= 11 is 0. The summed E-state index contributed by atoms with van der Waals surface area (Å²) in [5.41, 5.74) is 15.0. The largest absolute Gasteiger partial charge is 0.387 e. The van der Waals surface area contributed by atoms with E-state index in [0.29, 0.717) is 0 Å². The number of dihydropyridines is 1. The number of fused-ring (bicyclic) bond motifs is 2. The molecule has 0 radical (unpaired) electrons. The Hall–Kier alpha value is -5.75. The van der Waals surface area contributed by atoms with Gasteiger partial charge in [-0.15, -0.1) is 0 Å². The molecule has 1 atom stereocenters. The van der Waals surface area contributed by atoms with E-state index in [9.17, 15) is 0 Å². The Bertz CT molecular complexity index is 2310. The van der Waals surface area contributed by atoms with Gasteiger partial charge in [0.05, 0.1) is 0 Å². The van der Waals surface area contributed by atoms with E-state index in [-0.39, 0.29) is 0 Å². The first-order valence-corrected chi connectivity index (χ1v) is 18.6. The van der Waals surface area contributed by atoms with Crippen LogP contribution >= 0.6 is 8.58 Å². The predicted octanol–water partition coefficient (Wildman–Crippen LogP) is 12.8. The number of allylic oxidation sites excluding steroid dienone is 5. The molecule has 2 aliphatic heterocycles. The standard InChI is InChI=1S/C48H36NP/c1-3-7-39(8-4-1)47-44-22-20-42(36-17-13-34(14-18-36)38-25-29-50-30-26-38)32-46(44)48(40-9-5-2-6-10-40)43-21-19-41(31-45(43)47)35-15-11-33(12-16-35)37-23-27-49-28-24-37/h1-27,29,31-32,49-50H,28,30H2. The Morgan fingerprint density at radius 1 is 0.400 bits per heavy atom. The highest BCUT2D eigenvalue weighted by Crippen LogP contribution is 2.46. The first-order chi connectivity index (χ1) is 24.8. The van der Waals surface area contributed by atoms with Crippen molar-refractivity contribution in [2.75, 3.05) is 12.7 Å². The van der Waals surface area contributed by atoms with Gasteiger partial charge in [-0.2, -0.15) is 0 Å². The van der Waals surface area contributed by atoms with E-state index in [1.54, 1.807) is 0 Å². The SMILES string of the molecule is C1=CC(c2ccc(-c3ccc4c(-c5ccccc5)c5cc(-c6ccc(C7=CCPC=C7)cc6)ccc5c(-c5ccccc5)c4c3)cc2)=CCN1. The molecule has 0 saturated heterocycles. The van der Waals surface area contributed by atoms with E-state index in [0.717, 1.165) is 21.3 Å². The van der Waals surface area contributed by atoms with Gasteiger partial charge in [-0.1, -0.05) is 166 Å². The molecule has 0 spiro atoms. The van der Waals surface area contributed by atoms with Gasteiger partial charge < -0.3 is 5.32 Å². The Morgan fingerprint density at radius 2 is 0.880 bits per heavy atom. The van der Waals surface area contributed by atoms with Crippen molar-refractivity contribution >= 4 is 41.3 Å². The Balaban J connectivity index is 1.25. The molecule has 0 aromatic heterocycles. The van der Waals surface area contributed by atoms with Gasteiger partial charge >= 0.3 is 0 Å². The molecule has 2 heterocycles. The molecular weight excluding hydrogens is 622 g/mol. The molecule has 7 aromatic carbocycles. The number of rotatable bonds is 6. The lowest BCUT2D eigenvalue weighted by Gasteiger charge is -2.20. The lowest BCUT2D eigenvalue weighted by atomic mass is 9.84. The number of benzene rings is 7. The van der Waals surface area contributed by atoms with E-state index in [1.807, 2.05) is 6.20 Å². The molecule has 0 saturated carbocycles. The van der Waals surface area contributed by atoms with Gasteiger partial charge in [0, 0.05) is 6.54 Å². The fourth-order valence-corrected chi connectivity index (χ4v) is 8.24. The van der Waals surface area contributed by atoms with Gasteiger partial charge in [0.15, 0.2) is 0 Å². The highest BCUT2D eigenvalue weighted by Gasteiger charge is 2.18. The molecule has 9 rings (SSSR count). The first-order valence-electron chi connectivity index (χ1n) is 17.4. The molecule has 0 bridgehead atoms. The van der Waals surface area contributed by atoms with Crippen LogP contribution in [0.15, 0.2) is 182 Å². The third kappa shape index (κ3) is 5.71. The highest BCUT2D eigenvalue weighted by molar-refractivity contribution is 7.42. The van der Waals surface area contributed by atoms with Crippen molar-refractivity contribution in [1.29, 1.82) is 0 Å². The van der Waals surface area contributed by atoms with Crippen LogP contribution in [0.2, 0.25) is 0 Å². The maximum Gasteiger partial charge on any atom is 0.0334 e. The molecule has 0 fully saturated rings. The van der Waals surface area contributed by atoms with Crippen molar-refractivity contribution in [3.05, 3.63) is 193 Å². The third-order valence-electron chi connectivity index (χ3n) is 9.99. The fourth-order valence-electron chi connectivity index (χ4n) is 7.46. The summed E-state index contributed by atoms with van der Waals surface area (Å²) in [4.78, 5) is 0. The van der Waals surface area contributed by atoms with Crippen LogP contribution in [0, 0.1) is 0 Å². The monoisotopic (exact) mass is 657 g/mol. The normalized spacial score (nSPS) is 14.5. The summed E-state index contributed by atoms with van der Waals surface area (Å²) < 4.78 is 0. The second kappa shape index (κ2) is 13.3. The number of hydrogen-bond donors (Lipinski definition) is 1. The van der Waals surface area contributed by atoms with E-state index in [2.05, 4.69) is 181 Å². The molecule has 238 valence electrons. The second-order valence-electron chi connectivity index (χ2n) is 13.0. The maximum absolute atomic E-state index is 3.25. The second-order valence-corrected chi connectivity index (χ2v) is 14.1. The van der Waals surface area contributed by atoms with Crippen LogP contribution < -0.4 is 5.32 Å². The number of nitrogens with one attached hydrogen (secondary N) is 1. The Kier molecular flexibility index (Phi) is 8.05. The Labute approximate surface area is 295 Å². The summed E-state index contributed by atoms with van der Waals surface area (Å²) in [6, 6.07) is 54.0. The van der Waals surface area contributed by atoms with E-state index >= 15 is 0 Å². The van der Waals surface area contributed by atoms with Gasteiger partial charge in [0.25, 0.3) is 0 Å². The molecule has 2 heteroatoms. The molecule has 0 aliphatic carbocycles. The van der Waals surface area contributed by atoms with Crippen LogP contribution in [0.25, 0.3) is 77.2 Å². The number of hydrogen-bond acceptors (Lipinski definition) is 1. The van der Waals surface area contributed by atoms with Gasteiger partial charge in [0.1, 0.15) is 0 Å². The molecule has 1 nitrogen and oxygen atoms in total. The van der Waals surface area contributed by atoms with E-state index in [1.165, 1.54) is 88.3 Å². The highest BCUT2D eigenvalue weighted by atomic mass is 31.1. The molecule has 1 N–H and O–H groups in total. The minimum atomic E-state index is 0.864. The van der Waals surface area contributed by atoms with Crippen LogP contribution in [0.5, 0.6) is 0 Å². The quantitative estimate of drug-likeness (QED) is 0.139. The maximum atomic E-state index is 3.25. The van der Waals surface area contributed by atoms with Crippen LogP contribution in [0.1, 0.15) is 11.1 Å². The summed E-state index contributed by atoms with van der Waals surface area (Å²) in [6.07, 6.45) is 12.2. The van der Waals surface area contributed by atoms with Crippen molar-refractivity contribution in [3.63, 3.8) is 0 Å². The zero-order valence-corrected chi connectivity index (χ0v) is 28.7. The van der Waals surface area contributed by atoms with Crippen molar-refractivity contribution in [3.8, 4) is 44.5 Å². The molecular formula is C48H36NP. The van der Waals surface area contributed by atoms with E-state index in [4.69, 9.17) is 0 Å². The topological polar surface area (TPSA) is 12.0 Å². The van der Waals surface area contributed by atoms with Crippen LogP contribution in [0.3, 0.4) is 0 Å². The molecule has 50 heavy (non-hydrogen) atoms. The smallest absolute Gasteiger partial charge is 0.0334 e. The fraction of sp³-hybridized carbons (Fsp3) is 0.0417. The summed E-state index contributed by atoms with van der Waals surface area (Å²) in [5, 5.41) is 8.30. The molecule has 1 unspecified atom stereocenters. The predicted molar refractivity (Wildman–Crippen MR) is 219 cm³/mol. The zero-order valence-electron chi connectivity index (χ0n) is 27.7. The van der Waals surface area contributed by atoms with Gasteiger partial charge in [0.2, 0.25) is 0 Å². The third-order valence-corrected chi connectivity index (χ3v) is 10.8. The summed E-state index contributed by atoms with van der Waals surface area (Å²) in [6.45, 7) is 0.864. The zero-order chi connectivity index (χ0) is 33.3. The van der Waals surface area contributed by atoms with Crippen LogP contribution in [0.4, 0.5) is 0 Å². The lowest BCUT2D eigenvalue weighted by Crippen LogP contribution is -2.08. The van der Waals surface area contributed by atoms with Crippen molar-refractivity contribution < 1.29 is 0 Å². The van der Waals surface area contributed by atoms with Crippen LogP contribution in [-0.4, -0.2) is 12.7 Å². The van der Waals surface area contributed by atoms with Gasteiger partial charge in [-0.05, 0) is 119 Å². The summed E-state index contributed by atoms with van der Waals surface area (Å²) in [7, 11) is 0.895. The van der Waals surface area contributed by atoms with Gasteiger partial charge in [-0.3, -0.25) is 0 Å². The lowest BCUT2D eigenvalue weighted by molar-refractivity contribution is 0.976.